The fourth-order valence-electron chi connectivity index (χ4n) is 7.51. The predicted molar refractivity (Wildman–Crippen MR) is 214 cm³/mol. The van der Waals surface area contributed by atoms with Crippen molar-refractivity contribution in [3.8, 4) is 5.75 Å². The number of piperidine rings is 2. The van der Waals surface area contributed by atoms with Gasteiger partial charge in [0.05, 0.1) is 41.1 Å². The minimum absolute atomic E-state index is 0.00731. The Kier molecular flexibility index (Phi) is 11.8. The Morgan fingerprint density at radius 3 is 2.41 bits per heavy atom. The Labute approximate surface area is 338 Å². The minimum atomic E-state index is -3.59. The van der Waals surface area contributed by atoms with Crippen molar-refractivity contribution in [3.63, 3.8) is 0 Å². The number of para-hydroxylation sites is 1. The molecule has 3 N–H and O–H groups in total. The van der Waals surface area contributed by atoms with Crippen molar-refractivity contribution in [1.29, 1.82) is 0 Å². The average Bonchev–Trinajstić information content (AvgIpc) is 3.47. The molecule has 2 saturated heterocycles. The van der Waals surface area contributed by atoms with Crippen LogP contribution in [0, 0.1) is 5.82 Å². The zero-order valence-corrected chi connectivity index (χ0v) is 33.7. The van der Waals surface area contributed by atoms with Crippen LogP contribution in [-0.2, 0) is 29.7 Å². The van der Waals surface area contributed by atoms with E-state index in [1.807, 2.05) is 25.2 Å². The van der Waals surface area contributed by atoms with Crippen molar-refractivity contribution in [3.05, 3.63) is 88.3 Å². The molecule has 4 heterocycles. The lowest BCUT2D eigenvalue weighted by molar-refractivity contribution is -0.136. The molecule has 1 aromatic heterocycles. The van der Waals surface area contributed by atoms with E-state index >= 15 is 4.39 Å². The summed E-state index contributed by atoms with van der Waals surface area (Å²) in [4.78, 5) is 64.5. The third-order valence-corrected chi connectivity index (χ3v) is 12.8. The molecule has 1 unspecified atom stereocenters. The molecule has 7 rings (SSSR count). The van der Waals surface area contributed by atoms with Gasteiger partial charge in [0.15, 0.2) is 5.82 Å². The number of halogens is 2. The Bertz CT molecular complexity index is 2340. The van der Waals surface area contributed by atoms with Gasteiger partial charge in [-0.25, -0.2) is 9.37 Å². The quantitative estimate of drug-likeness (QED) is 0.115. The van der Waals surface area contributed by atoms with Gasteiger partial charge in [-0.15, -0.1) is 0 Å². The average molecular weight is 835 g/mol. The third-order valence-electron chi connectivity index (χ3n) is 10.5. The second kappa shape index (κ2) is 16.8. The Hall–Kier alpha value is -5.45. The van der Waals surface area contributed by atoms with E-state index in [9.17, 15) is 23.7 Å². The minimum Gasteiger partial charge on any atom is -0.494 e. The van der Waals surface area contributed by atoms with Crippen LogP contribution >= 0.6 is 19.2 Å². The van der Waals surface area contributed by atoms with Crippen LogP contribution in [0.1, 0.15) is 52.0 Å². The van der Waals surface area contributed by atoms with Gasteiger partial charge in [0.2, 0.25) is 17.8 Å². The summed E-state index contributed by atoms with van der Waals surface area (Å²) in [6.45, 7) is 1.79. The van der Waals surface area contributed by atoms with E-state index < -0.39 is 43.1 Å². The maximum atomic E-state index is 15.4. The van der Waals surface area contributed by atoms with Gasteiger partial charge in [-0.1, -0.05) is 23.7 Å². The molecule has 58 heavy (non-hydrogen) atoms. The topological polar surface area (TPSA) is 185 Å². The largest absolute Gasteiger partial charge is 0.494 e. The molecule has 304 valence electrons. The van der Waals surface area contributed by atoms with E-state index in [1.54, 1.807) is 31.4 Å². The number of hydrogen-bond acceptors (Lipinski definition) is 14. The van der Waals surface area contributed by atoms with Gasteiger partial charge in [0.1, 0.15) is 22.6 Å². The number of fused-ring (bicyclic) bond motifs is 1. The Morgan fingerprint density at radius 2 is 1.71 bits per heavy atom. The van der Waals surface area contributed by atoms with Gasteiger partial charge < -0.3 is 29.3 Å². The van der Waals surface area contributed by atoms with Gasteiger partial charge in [0, 0.05) is 58.1 Å². The fraction of sp³-hybridized carbons (Fsp3) is 0.333. The highest BCUT2D eigenvalue weighted by Crippen LogP contribution is 2.47. The van der Waals surface area contributed by atoms with Crippen LogP contribution in [0.4, 0.5) is 33.2 Å². The molecular formula is C39H41ClFN8O8P. The number of methoxy groups -OCH3 is 1. The number of rotatable bonds is 13. The summed E-state index contributed by atoms with van der Waals surface area (Å²) in [5.74, 6) is -2.62. The molecule has 0 radical (unpaired) electrons. The number of carbonyl (C=O) groups is 4. The van der Waals surface area contributed by atoms with Crippen LogP contribution in [-0.4, -0.2) is 96.9 Å². The molecule has 16 nitrogen and oxygen atoms in total. The maximum absolute atomic E-state index is 15.4. The van der Waals surface area contributed by atoms with Gasteiger partial charge in [-0.2, -0.15) is 4.98 Å². The molecule has 3 aromatic carbocycles. The monoisotopic (exact) mass is 834 g/mol. The second-order valence-electron chi connectivity index (χ2n) is 14.0. The van der Waals surface area contributed by atoms with Gasteiger partial charge in [-0.05, 0) is 68.3 Å². The first kappa shape index (κ1) is 40.7. The number of hydrogen-bond donors (Lipinski definition) is 3. The lowest BCUT2D eigenvalue weighted by Gasteiger charge is -2.38. The van der Waals surface area contributed by atoms with Crippen molar-refractivity contribution < 1.29 is 41.9 Å². The zero-order valence-electron chi connectivity index (χ0n) is 32.1. The molecule has 0 aliphatic carbocycles. The highest BCUT2D eigenvalue weighted by Gasteiger charge is 2.46. The molecular weight excluding hydrogens is 794 g/mol. The van der Waals surface area contributed by atoms with E-state index in [-0.39, 0.29) is 46.8 Å². The number of imide groups is 2. The van der Waals surface area contributed by atoms with Crippen LogP contribution in [0.2, 0.25) is 5.02 Å². The number of aromatic nitrogens is 2. The fourth-order valence-corrected chi connectivity index (χ4v) is 8.88. The maximum Gasteiger partial charge on any atom is 0.362 e. The first-order valence-electron chi connectivity index (χ1n) is 18.4. The summed E-state index contributed by atoms with van der Waals surface area (Å²) in [7, 11) is 2.53. The molecule has 2 fully saturated rings. The second-order valence-corrected chi connectivity index (χ2v) is 16.6. The predicted octanol–water partition coefficient (Wildman–Crippen LogP) is 5.38. The summed E-state index contributed by atoms with van der Waals surface area (Å²) in [6.07, 6.45) is 3.01. The molecule has 19 heteroatoms. The lowest BCUT2D eigenvalue weighted by Crippen LogP contribution is -2.54. The van der Waals surface area contributed by atoms with Crippen molar-refractivity contribution >= 4 is 77.0 Å². The lowest BCUT2D eigenvalue weighted by atomic mass is 10.0. The summed E-state index contributed by atoms with van der Waals surface area (Å²) in [5.41, 5.74) is 2.09. The van der Waals surface area contributed by atoms with Crippen LogP contribution in [0.25, 0.3) is 0 Å². The summed E-state index contributed by atoms with van der Waals surface area (Å²) in [6, 6.07) is 14.4. The smallest absolute Gasteiger partial charge is 0.362 e. The molecule has 0 bridgehead atoms. The molecule has 3 aliphatic rings. The van der Waals surface area contributed by atoms with E-state index in [4.69, 9.17) is 25.4 Å². The molecule has 0 saturated carbocycles. The van der Waals surface area contributed by atoms with Crippen LogP contribution in [0.15, 0.2) is 60.8 Å². The number of carbonyl (C=O) groups excluding carboxylic acids is 4. The standard InChI is InChI=1S/C39H41ClFN8O8P/c1-47(21-22-17-25-34(27(41)18-22)38(53)49(37(25)52)30-11-12-33(50)45-36(30)51)23-13-15-48(16-14-23)24-9-10-28(31(19-24)55-2)44-39-42-20-26(40)35(46-39)43-29-7-5-6-8-32(29)58(54,56-3)57-4/h5-10,17-20,23,30H,11-16,21H2,1-4H3,(H,45,50,51)(H2,42,43,44,46). The summed E-state index contributed by atoms with van der Waals surface area (Å²) in [5, 5.41) is 9.00. The van der Waals surface area contributed by atoms with Gasteiger partial charge >= 0.3 is 7.60 Å². The van der Waals surface area contributed by atoms with Gasteiger partial charge in [0.25, 0.3) is 11.8 Å². The van der Waals surface area contributed by atoms with E-state index in [1.165, 1.54) is 32.5 Å². The number of nitrogens with one attached hydrogen (secondary N) is 3. The molecule has 4 aromatic rings. The van der Waals surface area contributed by atoms with Crippen LogP contribution in [0.5, 0.6) is 5.75 Å². The SMILES string of the molecule is COc1cc(N2CCC(N(C)Cc3cc(F)c4c(c3)C(=O)N(C3CCC(=O)NC3=O)C4=O)CC2)ccc1Nc1ncc(Cl)c(Nc2ccccc2P(=O)(OC)OC)n1. The first-order valence-corrected chi connectivity index (χ1v) is 20.3. The number of amides is 4. The Morgan fingerprint density at radius 1 is 0.966 bits per heavy atom. The van der Waals surface area contributed by atoms with Crippen molar-refractivity contribution in [2.75, 3.05) is 57.0 Å². The number of ether oxygens (including phenoxy) is 1. The van der Waals surface area contributed by atoms with Crippen molar-refractivity contribution in [1.82, 2.24) is 25.1 Å². The number of anilines is 5. The molecule has 4 amide bonds. The molecule has 1 atom stereocenters. The van der Waals surface area contributed by atoms with Crippen molar-refractivity contribution in [2.45, 2.75) is 44.3 Å². The number of benzene rings is 3. The highest BCUT2D eigenvalue weighted by atomic mass is 35.5. The van der Waals surface area contributed by atoms with Crippen molar-refractivity contribution in [2.24, 2.45) is 0 Å². The van der Waals surface area contributed by atoms with E-state index in [2.05, 4.69) is 35.7 Å². The normalized spacial score (nSPS) is 17.5. The zero-order chi connectivity index (χ0) is 41.3. The first-order chi connectivity index (χ1) is 27.8. The Balaban J connectivity index is 0.982. The third kappa shape index (κ3) is 8.00. The van der Waals surface area contributed by atoms with Gasteiger partial charge in [-0.3, -0.25) is 38.9 Å². The van der Waals surface area contributed by atoms with Crippen LogP contribution < -0.4 is 30.9 Å². The molecule has 3 aliphatic heterocycles. The summed E-state index contributed by atoms with van der Waals surface area (Å²) >= 11 is 6.45. The van der Waals surface area contributed by atoms with Crippen LogP contribution in [0.3, 0.4) is 0 Å². The van der Waals surface area contributed by atoms with E-state index in [0.717, 1.165) is 36.5 Å². The number of nitrogens with zero attached hydrogens (tertiary/aromatic N) is 5. The molecule has 0 spiro atoms. The highest BCUT2D eigenvalue weighted by molar-refractivity contribution is 7.62. The van der Waals surface area contributed by atoms with E-state index in [0.29, 0.717) is 34.5 Å². The summed E-state index contributed by atoms with van der Waals surface area (Å²) < 4.78 is 44.7.